The van der Waals surface area contributed by atoms with Gasteiger partial charge in [0.15, 0.2) is 0 Å². The van der Waals surface area contributed by atoms with Crippen molar-refractivity contribution in [3.8, 4) is 0 Å². The van der Waals surface area contributed by atoms with Gasteiger partial charge < -0.3 is 4.74 Å². The second kappa shape index (κ2) is 9.00. The van der Waals surface area contributed by atoms with Crippen LogP contribution in [-0.4, -0.2) is 88.3 Å². The van der Waals surface area contributed by atoms with Gasteiger partial charge in [-0.05, 0) is 6.42 Å². The number of sulfonamides is 2. The largest absolute Gasteiger partial charge is 0.516 e. The zero-order valence-electron chi connectivity index (χ0n) is 14.3. The van der Waals surface area contributed by atoms with Gasteiger partial charge in [0.1, 0.15) is 0 Å². The molecule has 18 heteroatoms. The summed E-state index contributed by atoms with van der Waals surface area (Å²) in [6.07, 6.45) is -0.416. The Labute approximate surface area is 160 Å². The SMILES string of the molecule is O=C(NS(=O)(=O)C(F)(F)F)C(=O)N(CCCN1CCOCC1)S(=O)(=O)C(F)(F)F. The maximum Gasteiger partial charge on any atom is 0.516 e. The van der Waals surface area contributed by atoms with Crippen molar-refractivity contribution in [2.45, 2.75) is 17.4 Å². The van der Waals surface area contributed by atoms with Crippen LogP contribution in [0.5, 0.6) is 0 Å². The smallest absolute Gasteiger partial charge is 0.379 e. The number of morpholine rings is 1. The lowest BCUT2D eigenvalue weighted by atomic mass is 10.3. The summed E-state index contributed by atoms with van der Waals surface area (Å²) in [7, 11) is -12.9. The normalized spacial score (nSPS) is 17.0. The Morgan fingerprint density at radius 1 is 0.966 bits per heavy atom. The van der Waals surface area contributed by atoms with Crippen molar-refractivity contribution in [2.24, 2.45) is 0 Å². The molecule has 1 rings (SSSR count). The zero-order chi connectivity index (χ0) is 22.7. The number of hydrogen-bond acceptors (Lipinski definition) is 8. The van der Waals surface area contributed by atoms with Crippen LogP contribution in [0.3, 0.4) is 0 Å². The summed E-state index contributed by atoms with van der Waals surface area (Å²) in [6, 6.07) is 0. The topological polar surface area (TPSA) is 130 Å². The predicted molar refractivity (Wildman–Crippen MR) is 81.7 cm³/mol. The Hall–Kier alpha value is -1.66. The molecule has 1 heterocycles. The van der Waals surface area contributed by atoms with Gasteiger partial charge in [0.05, 0.1) is 13.2 Å². The third-order valence-corrected chi connectivity index (χ3v) is 6.05. The minimum Gasteiger partial charge on any atom is -0.379 e. The van der Waals surface area contributed by atoms with Crippen LogP contribution in [0.4, 0.5) is 26.3 Å². The van der Waals surface area contributed by atoms with E-state index in [1.807, 2.05) is 0 Å². The Balaban J connectivity index is 3.00. The van der Waals surface area contributed by atoms with E-state index in [1.165, 1.54) is 0 Å². The molecule has 0 radical (unpaired) electrons. The van der Waals surface area contributed by atoms with E-state index in [0.29, 0.717) is 26.3 Å². The molecule has 0 unspecified atom stereocenters. The Kier molecular flexibility index (Phi) is 7.88. The van der Waals surface area contributed by atoms with Crippen LogP contribution in [0.1, 0.15) is 6.42 Å². The average Bonchev–Trinajstić information content (AvgIpc) is 2.56. The molecule has 170 valence electrons. The van der Waals surface area contributed by atoms with Crippen LogP contribution in [0, 0.1) is 0 Å². The number of nitrogens with one attached hydrogen (secondary N) is 1. The number of amides is 2. The van der Waals surface area contributed by atoms with Crippen molar-refractivity contribution in [1.29, 1.82) is 0 Å². The van der Waals surface area contributed by atoms with Gasteiger partial charge in [-0.25, -0.2) is 9.03 Å². The van der Waals surface area contributed by atoms with Crippen LogP contribution in [0.2, 0.25) is 0 Å². The van der Waals surface area contributed by atoms with Crippen molar-refractivity contribution >= 4 is 31.9 Å². The van der Waals surface area contributed by atoms with E-state index in [2.05, 4.69) is 0 Å². The molecule has 10 nitrogen and oxygen atoms in total. The first-order chi connectivity index (χ1) is 13.0. The zero-order valence-corrected chi connectivity index (χ0v) is 15.9. The van der Waals surface area contributed by atoms with E-state index in [9.17, 15) is 52.8 Å². The highest BCUT2D eigenvalue weighted by Crippen LogP contribution is 2.27. The molecule has 0 spiro atoms. The van der Waals surface area contributed by atoms with E-state index in [-0.39, 0.29) is 11.3 Å². The molecule has 29 heavy (non-hydrogen) atoms. The van der Waals surface area contributed by atoms with Gasteiger partial charge in [0.2, 0.25) is 0 Å². The minimum absolute atomic E-state index is 0.0248. The van der Waals surface area contributed by atoms with E-state index >= 15 is 0 Å². The number of halogens is 6. The van der Waals surface area contributed by atoms with Gasteiger partial charge in [-0.2, -0.15) is 43.2 Å². The molecule has 0 aromatic heterocycles. The maximum absolute atomic E-state index is 12.8. The summed E-state index contributed by atoms with van der Waals surface area (Å²) in [5, 5.41) is 0. The number of hydrogen-bond donors (Lipinski definition) is 1. The number of alkyl halides is 6. The molecule has 1 fully saturated rings. The molecule has 0 aliphatic carbocycles. The quantitative estimate of drug-likeness (QED) is 0.393. The summed E-state index contributed by atoms with van der Waals surface area (Å²) < 4.78 is 124. The fourth-order valence-corrected chi connectivity index (χ4v) is 3.42. The summed E-state index contributed by atoms with van der Waals surface area (Å²) >= 11 is 0. The summed E-state index contributed by atoms with van der Waals surface area (Å²) in [4.78, 5) is 24.9. The average molecular weight is 479 g/mol. The van der Waals surface area contributed by atoms with Crippen molar-refractivity contribution in [1.82, 2.24) is 13.9 Å². The molecule has 2 amide bonds. The van der Waals surface area contributed by atoms with Gasteiger partial charge in [-0.3, -0.25) is 14.5 Å². The van der Waals surface area contributed by atoms with E-state index in [1.54, 1.807) is 4.90 Å². The Morgan fingerprint density at radius 3 is 1.93 bits per heavy atom. The highest BCUT2D eigenvalue weighted by molar-refractivity contribution is 7.91. The van der Waals surface area contributed by atoms with Crippen LogP contribution in [0.15, 0.2) is 0 Å². The van der Waals surface area contributed by atoms with Crippen LogP contribution in [-0.2, 0) is 34.4 Å². The van der Waals surface area contributed by atoms with Gasteiger partial charge in [-0.15, -0.1) is 0 Å². The standard InChI is InChI=1S/C11H15F6N3O7S2/c12-10(13,14)28(23,24)18-8(21)9(22)20(29(25,26)11(15,16)17)3-1-2-19-4-6-27-7-5-19/h1-7H2,(H,18,21). The monoisotopic (exact) mass is 479 g/mol. The first-order valence-electron chi connectivity index (χ1n) is 7.57. The predicted octanol–water partition coefficient (Wildman–Crippen LogP) is -0.647. The second-order valence-corrected chi connectivity index (χ2v) is 9.04. The lowest BCUT2D eigenvalue weighted by Gasteiger charge is -2.28. The fourth-order valence-electron chi connectivity index (χ4n) is 2.06. The molecule has 0 aromatic rings. The van der Waals surface area contributed by atoms with Crippen LogP contribution < -0.4 is 4.72 Å². The number of carbonyl (C=O) groups excluding carboxylic acids is 2. The number of nitrogens with zero attached hydrogens (tertiary/aromatic N) is 2. The number of rotatable bonds is 6. The third-order valence-electron chi connectivity index (χ3n) is 3.47. The second-order valence-electron chi connectivity index (χ2n) is 5.52. The van der Waals surface area contributed by atoms with Crippen LogP contribution in [0.25, 0.3) is 0 Å². The third kappa shape index (κ3) is 6.41. The highest BCUT2D eigenvalue weighted by Gasteiger charge is 2.54. The van der Waals surface area contributed by atoms with Crippen molar-refractivity contribution in [3.05, 3.63) is 0 Å². The molecule has 0 aromatic carbocycles. The minimum atomic E-state index is -6.47. The lowest BCUT2D eigenvalue weighted by Crippen LogP contribution is -2.53. The molecular formula is C11H15F6N3O7S2. The van der Waals surface area contributed by atoms with Crippen molar-refractivity contribution in [3.63, 3.8) is 0 Å². The molecule has 1 aliphatic rings. The van der Waals surface area contributed by atoms with Gasteiger partial charge in [0.25, 0.3) is 0 Å². The number of ether oxygens (including phenoxy) is 1. The van der Waals surface area contributed by atoms with E-state index < -0.39 is 60.1 Å². The molecule has 1 aliphatic heterocycles. The first-order valence-corrected chi connectivity index (χ1v) is 10.5. The molecule has 0 atom stereocenters. The Bertz CT molecular complexity index is 819. The van der Waals surface area contributed by atoms with E-state index in [4.69, 9.17) is 4.74 Å². The van der Waals surface area contributed by atoms with Crippen molar-refractivity contribution < 1.29 is 57.5 Å². The summed E-state index contributed by atoms with van der Waals surface area (Å²) in [5.74, 6) is -5.33. The first kappa shape index (κ1) is 25.4. The van der Waals surface area contributed by atoms with Gasteiger partial charge in [0, 0.05) is 26.2 Å². The highest BCUT2D eigenvalue weighted by atomic mass is 32.2. The van der Waals surface area contributed by atoms with Gasteiger partial charge in [-0.1, -0.05) is 0 Å². The van der Waals surface area contributed by atoms with E-state index in [0.717, 1.165) is 0 Å². The maximum atomic E-state index is 12.8. The fraction of sp³-hybridized carbons (Fsp3) is 0.818. The molecular weight excluding hydrogens is 464 g/mol. The molecule has 1 N–H and O–H groups in total. The van der Waals surface area contributed by atoms with Gasteiger partial charge >= 0.3 is 42.9 Å². The molecule has 0 bridgehead atoms. The summed E-state index contributed by atoms with van der Waals surface area (Å²) in [6.45, 7) is 0.0392. The lowest BCUT2D eigenvalue weighted by molar-refractivity contribution is -0.142. The number of carbonyl (C=O) groups is 2. The molecule has 1 saturated heterocycles. The molecule has 0 saturated carbocycles. The van der Waals surface area contributed by atoms with Crippen molar-refractivity contribution in [2.75, 3.05) is 39.4 Å². The van der Waals surface area contributed by atoms with Crippen LogP contribution >= 0.6 is 0 Å². The summed E-state index contributed by atoms with van der Waals surface area (Å²) in [5.41, 5.74) is -12.1. The Morgan fingerprint density at radius 2 is 1.48 bits per heavy atom.